The Morgan fingerprint density at radius 1 is 0.778 bits per heavy atom. The standard InChI is InChI=1S/C15H11N2S.3C2H6.C2H.V/c1-11-7-9-12(10-8-11)14-16-15(18-17-14)13-5-3-2-4-6-13;4*1-2;/h2-10H,1H2;3*1-2H3;1H;/q-1;;;;-1;+2. The Balaban J connectivity index is -0.000000572. The van der Waals surface area contributed by atoms with Crippen molar-refractivity contribution >= 4 is 11.5 Å². The molecular formula is C23H30N2SV. The molecule has 0 unspecified atom stereocenters. The first kappa shape index (κ1) is 29.8. The average Bonchev–Trinajstić information content (AvgIpc) is 3.25. The van der Waals surface area contributed by atoms with Crippen LogP contribution in [0.15, 0.2) is 54.6 Å². The quantitative estimate of drug-likeness (QED) is 0.322. The smallest absolute Gasteiger partial charge is 0.697 e. The summed E-state index contributed by atoms with van der Waals surface area (Å²) in [7, 11) is 0. The van der Waals surface area contributed by atoms with E-state index in [-0.39, 0.29) is 18.6 Å². The summed E-state index contributed by atoms with van der Waals surface area (Å²) in [6, 6.07) is 18.0. The maximum atomic E-state index is 5.25. The van der Waals surface area contributed by atoms with Gasteiger partial charge in [-0.15, -0.1) is 12.1 Å². The molecule has 3 aromatic rings. The van der Waals surface area contributed by atoms with E-state index < -0.39 is 0 Å². The van der Waals surface area contributed by atoms with Crippen molar-refractivity contribution in [1.82, 2.24) is 9.36 Å². The zero-order chi connectivity index (χ0) is 20.4. The molecule has 143 valence electrons. The molecule has 0 bridgehead atoms. The van der Waals surface area contributed by atoms with Crippen LogP contribution in [0.25, 0.3) is 22.0 Å². The van der Waals surface area contributed by atoms with Crippen LogP contribution < -0.4 is 0 Å². The van der Waals surface area contributed by atoms with E-state index in [1.54, 1.807) is 0 Å². The van der Waals surface area contributed by atoms with Crippen LogP contribution in [0, 0.1) is 19.8 Å². The van der Waals surface area contributed by atoms with E-state index in [2.05, 4.69) is 22.7 Å². The van der Waals surface area contributed by atoms with Crippen molar-refractivity contribution in [2.24, 2.45) is 0 Å². The molecule has 1 radical (unpaired) electrons. The van der Waals surface area contributed by atoms with Gasteiger partial charge < -0.3 is 12.8 Å². The molecule has 27 heavy (non-hydrogen) atoms. The minimum absolute atomic E-state index is 0. The summed E-state index contributed by atoms with van der Waals surface area (Å²) < 4.78 is 4.40. The molecule has 0 aliphatic rings. The molecule has 0 aliphatic heterocycles. The van der Waals surface area contributed by atoms with Crippen LogP contribution in [0.1, 0.15) is 47.1 Å². The number of nitrogens with zero attached hydrogens (tertiary/aromatic N) is 2. The maximum absolute atomic E-state index is 5.25. The van der Waals surface area contributed by atoms with Crippen LogP contribution in [0.2, 0.25) is 0 Å². The molecule has 0 amide bonds. The van der Waals surface area contributed by atoms with Gasteiger partial charge in [0, 0.05) is 5.56 Å². The molecule has 2 nitrogen and oxygen atoms in total. The SMILES string of the molecule is CC.CC.CC.[C-]#C.[CH2-]c1ccc(-c2nsc(-c3ccccc3)n2)cc1.[V+2]. The van der Waals surface area contributed by atoms with Gasteiger partial charge in [0.2, 0.25) is 0 Å². The summed E-state index contributed by atoms with van der Waals surface area (Å²) in [6.45, 7) is 15.9. The van der Waals surface area contributed by atoms with Gasteiger partial charge in [-0.1, -0.05) is 71.9 Å². The molecule has 3 rings (SSSR count). The minimum Gasteiger partial charge on any atom is -0.697 e. The van der Waals surface area contributed by atoms with Gasteiger partial charge in [-0.2, -0.15) is 29.0 Å². The Morgan fingerprint density at radius 3 is 1.74 bits per heavy atom. The Kier molecular flexibility index (Phi) is 22.4. The van der Waals surface area contributed by atoms with Crippen molar-refractivity contribution in [3.05, 3.63) is 73.5 Å². The van der Waals surface area contributed by atoms with E-state index in [0.29, 0.717) is 0 Å². The van der Waals surface area contributed by atoms with Crippen LogP contribution in [0.4, 0.5) is 0 Å². The molecule has 0 spiro atoms. The topological polar surface area (TPSA) is 25.8 Å². The zero-order valence-corrected chi connectivity index (χ0v) is 19.4. The summed E-state index contributed by atoms with van der Waals surface area (Å²) >= 11 is 1.42. The summed E-state index contributed by atoms with van der Waals surface area (Å²) in [5.41, 5.74) is 3.13. The maximum Gasteiger partial charge on any atom is 2.00 e. The molecule has 0 N–H and O–H groups in total. The van der Waals surface area contributed by atoms with Gasteiger partial charge in [0.15, 0.2) is 5.82 Å². The van der Waals surface area contributed by atoms with Crippen LogP contribution >= 0.6 is 11.5 Å². The Hall–Kier alpha value is -1.99. The van der Waals surface area contributed by atoms with Crippen LogP contribution in [-0.2, 0) is 18.6 Å². The van der Waals surface area contributed by atoms with E-state index in [4.69, 9.17) is 6.42 Å². The number of benzene rings is 2. The average molecular weight is 418 g/mol. The fourth-order valence-electron chi connectivity index (χ4n) is 1.69. The molecule has 0 saturated heterocycles. The molecule has 0 aliphatic carbocycles. The molecule has 0 saturated carbocycles. The number of hydrogen-bond acceptors (Lipinski definition) is 3. The Labute approximate surface area is 182 Å². The fourth-order valence-corrected chi connectivity index (χ4v) is 2.38. The van der Waals surface area contributed by atoms with Crippen molar-refractivity contribution in [3.63, 3.8) is 0 Å². The number of rotatable bonds is 2. The van der Waals surface area contributed by atoms with E-state index in [0.717, 1.165) is 27.5 Å². The van der Waals surface area contributed by atoms with Crippen molar-refractivity contribution in [3.8, 4) is 28.4 Å². The van der Waals surface area contributed by atoms with Crippen molar-refractivity contribution in [2.75, 3.05) is 0 Å². The summed E-state index contributed by atoms with van der Waals surface area (Å²) in [5, 5.41) is 0.948. The number of aromatic nitrogens is 2. The van der Waals surface area contributed by atoms with Crippen LogP contribution in [0.5, 0.6) is 0 Å². The van der Waals surface area contributed by atoms with Crippen LogP contribution in [0.3, 0.4) is 0 Å². The van der Waals surface area contributed by atoms with Gasteiger partial charge in [0.25, 0.3) is 0 Å². The van der Waals surface area contributed by atoms with Gasteiger partial charge in [-0.25, -0.2) is 4.98 Å². The molecule has 0 atom stereocenters. The molecular weight excluding hydrogens is 387 g/mol. The molecule has 1 heterocycles. The molecule has 2 aromatic carbocycles. The largest absolute Gasteiger partial charge is 2.00 e. The normalized spacial score (nSPS) is 7.70. The van der Waals surface area contributed by atoms with E-state index in [1.807, 2.05) is 96.1 Å². The third-order valence-corrected chi connectivity index (χ3v) is 3.42. The minimum atomic E-state index is 0. The monoisotopic (exact) mass is 417 g/mol. The number of terminal acetylenes is 1. The van der Waals surface area contributed by atoms with Gasteiger partial charge in [0.05, 0.1) is 0 Å². The predicted molar refractivity (Wildman–Crippen MR) is 117 cm³/mol. The van der Waals surface area contributed by atoms with Crippen molar-refractivity contribution < 1.29 is 18.6 Å². The second-order valence-electron chi connectivity index (χ2n) is 3.99. The first-order valence-electron chi connectivity index (χ1n) is 8.93. The van der Waals surface area contributed by atoms with Crippen molar-refractivity contribution in [1.29, 1.82) is 0 Å². The second kappa shape index (κ2) is 20.3. The van der Waals surface area contributed by atoms with Gasteiger partial charge in [0.1, 0.15) is 5.01 Å². The van der Waals surface area contributed by atoms with Crippen molar-refractivity contribution in [2.45, 2.75) is 41.5 Å². The predicted octanol–water partition coefficient (Wildman–Crippen LogP) is 7.34. The van der Waals surface area contributed by atoms with Gasteiger partial charge in [-0.3, -0.25) is 0 Å². The van der Waals surface area contributed by atoms with Crippen LogP contribution in [-0.4, -0.2) is 9.36 Å². The van der Waals surface area contributed by atoms with Gasteiger partial charge >= 0.3 is 18.6 Å². The third kappa shape index (κ3) is 10.7. The fraction of sp³-hybridized carbons (Fsp3) is 0.261. The zero-order valence-electron chi connectivity index (χ0n) is 17.2. The Morgan fingerprint density at radius 2 is 1.26 bits per heavy atom. The summed E-state index contributed by atoms with van der Waals surface area (Å²) in [5.74, 6) is 0.777. The molecule has 0 fully saturated rings. The third-order valence-electron chi connectivity index (χ3n) is 2.66. The molecule has 1 aromatic heterocycles. The Bertz CT molecular complexity index is 689. The first-order valence-corrected chi connectivity index (χ1v) is 9.71. The summed E-state index contributed by atoms with van der Waals surface area (Å²) in [4.78, 5) is 4.57. The summed E-state index contributed by atoms with van der Waals surface area (Å²) in [6.07, 6.45) is 9.00. The first-order chi connectivity index (χ1) is 12.8. The van der Waals surface area contributed by atoms with E-state index in [9.17, 15) is 0 Å². The van der Waals surface area contributed by atoms with E-state index in [1.165, 1.54) is 11.5 Å². The van der Waals surface area contributed by atoms with E-state index >= 15 is 0 Å². The van der Waals surface area contributed by atoms with Gasteiger partial charge in [-0.05, 0) is 17.1 Å². The second-order valence-corrected chi connectivity index (χ2v) is 4.74. The molecule has 4 heteroatoms. The number of hydrogen-bond donors (Lipinski definition) is 0.